The van der Waals surface area contributed by atoms with Crippen LogP contribution in [0.25, 0.3) is 0 Å². The molecule has 0 spiro atoms. The lowest BCUT2D eigenvalue weighted by atomic mass is 9.90. The third-order valence-electron chi connectivity index (χ3n) is 3.05. The molecule has 1 heterocycles. The van der Waals surface area contributed by atoms with Crippen LogP contribution in [0.2, 0.25) is 0 Å². The van der Waals surface area contributed by atoms with Gasteiger partial charge in [-0.25, -0.2) is 0 Å². The van der Waals surface area contributed by atoms with Crippen molar-refractivity contribution >= 4 is 0 Å². The molecule has 2 rings (SSSR count). The van der Waals surface area contributed by atoms with Gasteiger partial charge < -0.3 is 5.32 Å². The monoisotopic (exact) mass is 200 g/mol. The summed E-state index contributed by atoms with van der Waals surface area (Å²) >= 11 is 0. The average Bonchev–Trinajstić information content (AvgIpc) is 2.31. The fourth-order valence-electron chi connectivity index (χ4n) is 2.22. The SMILES string of the molecule is N#Cc1ccccc1C[C@@H]1CCCNC1. The van der Waals surface area contributed by atoms with Gasteiger partial charge in [0.15, 0.2) is 0 Å². The molecule has 0 unspecified atom stereocenters. The smallest absolute Gasteiger partial charge is 0.0994 e. The number of nitrogens with zero attached hydrogens (tertiary/aromatic N) is 1. The number of nitrogens with one attached hydrogen (secondary N) is 1. The maximum atomic E-state index is 8.98. The second-order valence-corrected chi connectivity index (χ2v) is 4.19. The second kappa shape index (κ2) is 4.95. The van der Waals surface area contributed by atoms with Crippen molar-refractivity contribution < 1.29 is 0 Å². The van der Waals surface area contributed by atoms with E-state index in [1.54, 1.807) is 0 Å². The molecule has 78 valence electrons. The summed E-state index contributed by atoms with van der Waals surface area (Å²) in [6.45, 7) is 2.25. The Balaban J connectivity index is 2.06. The second-order valence-electron chi connectivity index (χ2n) is 4.19. The average molecular weight is 200 g/mol. The van der Waals surface area contributed by atoms with Crippen LogP contribution in [-0.2, 0) is 6.42 Å². The molecular weight excluding hydrogens is 184 g/mol. The summed E-state index contributed by atoms with van der Waals surface area (Å²) in [5.74, 6) is 0.702. The van der Waals surface area contributed by atoms with Crippen molar-refractivity contribution in [1.29, 1.82) is 5.26 Å². The summed E-state index contributed by atoms with van der Waals surface area (Å²) in [7, 11) is 0. The van der Waals surface area contributed by atoms with Gasteiger partial charge >= 0.3 is 0 Å². The fourth-order valence-corrected chi connectivity index (χ4v) is 2.22. The van der Waals surface area contributed by atoms with Crippen LogP contribution in [0.4, 0.5) is 0 Å². The molecule has 2 nitrogen and oxygen atoms in total. The first-order valence-electron chi connectivity index (χ1n) is 5.59. The van der Waals surface area contributed by atoms with E-state index in [1.165, 1.54) is 18.4 Å². The largest absolute Gasteiger partial charge is 0.316 e. The Kier molecular flexibility index (Phi) is 3.37. The van der Waals surface area contributed by atoms with Gasteiger partial charge in [0, 0.05) is 0 Å². The Morgan fingerprint density at radius 2 is 2.27 bits per heavy atom. The molecule has 1 aromatic rings. The summed E-state index contributed by atoms with van der Waals surface area (Å²) in [6.07, 6.45) is 3.59. The minimum absolute atomic E-state index is 0.702. The molecule has 1 fully saturated rings. The Morgan fingerprint density at radius 1 is 1.40 bits per heavy atom. The van der Waals surface area contributed by atoms with Crippen LogP contribution >= 0.6 is 0 Å². The molecular formula is C13H16N2. The highest BCUT2D eigenvalue weighted by atomic mass is 14.9. The quantitative estimate of drug-likeness (QED) is 0.793. The predicted molar refractivity (Wildman–Crippen MR) is 60.5 cm³/mol. The summed E-state index contributed by atoms with van der Waals surface area (Å²) in [4.78, 5) is 0. The molecule has 1 saturated heterocycles. The molecule has 0 bridgehead atoms. The molecule has 1 atom stereocenters. The Bertz CT molecular complexity index is 359. The number of rotatable bonds is 2. The standard InChI is InChI=1S/C13H16N2/c14-9-13-6-2-1-5-12(13)8-11-4-3-7-15-10-11/h1-2,5-6,11,15H,3-4,7-8,10H2/t11-/m0/s1. The van der Waals surface area contributed by atoms with E-state index in [0.717, 1.165) is 25.1 Å². The molecule has 0 saturated carbocycles. The van der Waals surface area contributed by atoms with Crippen molar-refractivity contribution in [2.24, 2.45) is 5.92 Å². The first kappa shape index (κ1) is 10.2. The lowest BCUT2D eigenvalue weighted by Crippen LogP contribution is -2.30. The van der Waals surface area contributed by atoms with E-state index in [2.05, 4.69) is 17.5 Å². The molecule has 2 heteroatoms. The molecule has 0 radical (unpaired) electrons. The predicted octanol–water partition coefficient (Wildman–Crippen LogP) is 2.10. The molecule has 1 aliphatic heterocycles. The Labute approximate surface area is 90.9 Å². The van der Waals surface area contributed by atoms with Crippen molar-refractivity contribution in [3.05, 3.63) is 35.4 Å². The van der Waals surface area contributed by atoms with Gasteiger partial charge in [0.1, 0.15) is 0 Å². The fraction of sp³-hybridized carbons (Fsp3) is 0.462. The third kappa shape index (κ3) is 2.57. The first-order chi connectivity index (χ1) is 7.40. The van der Waals surface area contributed by atoms with Crippen LogP contribution in [0.1, 0.15) is 24.0 Å². The molecule has 15 heavy (non-hydrogen) atoms. The van der Waals surface area contributed by atoms with E-state index in [4.69, 9.17) is 5.26 Å². The number of hydrogen-bond donors (Lipinski definition) is 1. The van der Waals surface area contributed by atoms with E-state index < -0.39 is 0 Å². The lowest BCUT2D eigenvalue weighted by molar-refractivity contribution is 0.376. The maximum Gasteiger partial charge on any atom is 0.0994 e. The minimum Gasteiger partial charge on any atom is -0.316 e. The topological polar surface area (TPSA) is 35.8 Å². The molecule has 0 aromatic heterocycles. The van der Waals surface area contributed by atoms with Crippen LogP contribution in [0.5, 0.6) is 0 Å². The number of nitriles is 1. The van der Waals surface area contributed by atoms with Gasteiger partial charge in [0.05, 0.1) is 11.6 Å². The summed E-state index contributed by atoms with van der Waals surface area (Å²) in [6, 6.07) is 10.2. The highest BCUT2D eigenvalue weighted by Gasteiger charge is 2.14. The van der Waals surface area contributed by atoms with Gasteiger partial charge in [-0.2, -0.15) is 5.26 Å². The van der Waals surface area contributed by atoms with Crippen LogP contribution < -0.4 is 5.32 Å². The van der Waals surface area contributed by atoms with Crippen molar-refractivity contribution in [3.63, 3.8) is 0 Å². The normalized spacial score (nSPS) is 20.9. The van der Waals surface area contributed by atoms with Crippen molar-refractivity contribution in [3.8, 4) is 6.07 Å². The Morgan fingerprint density at radius 3 is 3.00 bits per heavy atom. The zero-order valence-corrected chi connectivity index (χ0v) is 8.87. The van der Waals surface area contributed by atoms with Crippen molar-refractivity contribution in [2.45, 2.75) is 19.3 Å². The summed E-state index contributed by atoms with van der Waals surface area (Å²) in [5.41, 5.74) is 2.04. The minimum atomic E-state index is 0.702. The van der Waals surface area contributed by atoms with Crippen LogP contribution in [0.3, 0.4) is 0 Å². The van der Waals surface area contributed by atoms with E-state index >= 15 is 0 Å². The van der Waals surface area contributed by atoms with Crippen LogP contribution in [0, 0.1) is 17.2 Å². The lowest BCUT2D eigenvalue weighted by Gasteiger charge is -2.22. The highest BCUT2D eigenvalue weighted by molar-refractivity contribution is 5.37. The number of hydrogen-bond acceptors (Lipinski definition) is 2. The summed E-state index contributed by atoms with van der Waals surface area (Å²) < 4.78 is 0. The van der Waals surface area contributed by atoms with E-state index in [1.807, 2.05) is 18.2 Å². The zero-order valence-electron chi connectivity index (χ0n) is 8.87. The van der Waals surface area contributed by atoms with E-state index in [0.29, 0.717) is 5.92 Å². The van der Waals surface area contributed by atoms with Gasteiger partial charge in [-0.3, -0.25) is 0 Å². The summed E-state index contributed by atoms with van der Waals surface area (Å²) in [5, 5.41) is 12.4. The van der Waals surface area contributed by atoms with Crippen LogP contribution in [0.15, 0.2) is 24.3 Å². The van der Waals surface area contributed by atoms with Gasteiger partial charge in [-0.1, -0.05) is 18.2 Å². The van der Waals surface area contributed by atoms with E-state index in [-0.39, 0.29) is 0 Å². The molecule has 1 aromatic carbocycles. The Hall–Kier alpha value is -1.33. The maximum absolute atomic E-state index is 8.98. The highest BCUT2D eigenvalue weighted by Crippen LogP contribution is 2.18. The van der Waals surface area contributed by atoms with Gasteiger partial charge in [0.25, 0.3) is 0 Å². The van der Waals surface area contributed by atoms with Crippen molar-refractivity contribution in [2.75, 3.05) is 13.1 Å². The van der Waals surface area contributed by atoms with Gasteiger partial charge in [-0.05, 0) is 49.9 Å². The van der Waals surface area contributed by atoms with Gasteiger partial charge in [0.2, 0.25) is 0 Å². The molecule has 1 N–H and O–H groups in total. The van der Waals surface area contributed by atoms with Gasteiger partial charge in [-0.15, -0.1) is 0 Å². The molecule has 0 amide bonds. The third-order valence-corrected chi connectivity index (χ3v) is 3.05. The molecule has 1 aliphatic rings. The van der Waals surface area contributed by atoms with E-state index in [9.17, 15) is 0 Å². The molecule has 0 aliphatic carbocycles. The first-order valence-corrected chi connectivity index (χ1v) is 5.59. The van der Waals surface area contributed by atoms with Crippen molar-refractivity contribution in [1.82, 2.24) is 5.32 Å². The number of piperidine rings is 1. The number of benzene rings is 1. The van der Waals surface area contributed by atoms with Crippen LogP contribution in [-0.4, -0.2) is 13.1 Å². The zero-order chi connectivity index (χ0) is 10.5.